The Labute approximate surface area is 207 Å². The van der Waals surface area contributed by atoms with Crippen molar-refractivity contribution in [2.24, 2.45) is 0 Å². The maximum absolute atomic E-state index is 14.3. The number of benzene rings is 2. The van der Waals surface area contributed by atoms with Gasteiger partial charge in [-0.2, -0.15) is 0 Å². The Hall–Kier alpha value is -2.20. The lowest BCUT2D eigenvalue weighted by molar-refractivity contribution is 0.0466. The van der Waals surface area contributed by atoms with E-state index in [1.54, 1.807) is 24.3 Å². The number of ether oxygens (including phenoxy) is 2. The van der Waals surface area contributed by atoms with Crippen molar-refractivity contribution in [3.8, 4) is 11.5 Å². The Balaban J connectivity index is 0.00000385. The zero-order valence-corrected chi connectivity index (χ0v) is 21.6. The number of nitrogens with zero attached hydrogens (tertiary/aromatic N) is 3. The van der Waals surface area contributed by atoms with Crippen LogP contribution in [-0.4, -0.2) is 58.9 Å². The zero-order valence-electron chi connectivity index (χ0n) is 19.2. The molecule has 7 nitrogen and oxygen atoms in total. The van der Waals surface area contributed by atoms with Crippen LogP contribution in [0.25, 0.3) is 10.9 Å². The van der Waals surface area contributed by atoms with Crippen molar-refractivity contribution in [3.05, 3.63) is 46.9 Å². The molecule has 0 saturated carbocycles. The summed E-state index contributed by atoms with van der Waals surface area (Å²) in [5.41, 5.74) is 0.826. The number of likely N-dealkylation sites (N-methyl/N-ethyl adjacent to an activating group) is 1. The SMILES string of the molecule is COc1cc2c(Nc3ccc(Br)cc3F)ncnc2cc1OCC(O)CN(C)C(C)(C)C.Cl. The van der Waals surface area contributed by atoms with Crippen LogP contribution in [0.4, 0.5) is 15.9 Å². The van der Waals surface area contributed by atoms with Crippen LogP contribution in [0.15, 0.2) is 41.1 Å². The molecule has 3 aromatic rings. The van der Waals surface area contributed by atoms with Gasteiger partial charge in [0.2, 0.25) is 0 Å². The monoisotopic (exact) mass is 542 g/mol. The average Bonchev–Trinajstić information content (AvgIpc) is 2.73. The fourth-order valence-corrected chi connectivity index (χ4v) is 3.32. The van der Waals surface area contributed by atoms with Gasteiger partial charge < -0.3 is 19.9 Å². The minimum Gasteiger partial charge on any atom is -0.493 e. The fraction of sp³-hybridized carbons (Fsp3) is 0.391. The van der Waals surface area contributed by atoms with Crippen LogP contribution in [0.5, 0.6) is 11.5 Å². The molecule has 0 radical (unpaired) electrons. The maximum atomic E-state index is 14.3. The topological polar surface area (TPSA) is 79.7 Å². The summed E-state index contributed by atoms with van der Waals surface area (Å²) in [5, 5.41) is 14.0. The predicted molar refractivity (Wildman–Crippen MR) is 135 cm³/mol. The summed E-state index contributed by atoms with van der Waals surface area (Å²) in [6.07, 6.45) is 0.716. The van der Waals surface area contributed by atoms with Gasteiger partial charge in [0.1, 0.15) is 30.7 Å². The summed E-state index contributed by atoms with van der Waals surface area (Å²) in [6, 6.07) is 8.19. The molecule has 10 heteroatoms. The van der Waals surface area contributed by atoms with Gasteiger partial charge in [0, 0.05) is 28.0 Å². The first-order valence-corrected chi connectivity index (χ1v) is 10.9. The molecular weight excluding hydrogens is 515 g/mol. The summed E-state index contributed by atoms with van der Waals surface area (Å²) in [6.45, 7) is 6.81. The number of β-amino-alcohol motifs (C(OH)–C–C–N with tert-alkyl or cyclic N) is 1. The molecule has 3 rings (SSSR count). The molecule has 0 fully saturated rings. The third kappa shape index (κ3) is 6.89. The summed E-state index contributed by atoms with van der Waals surface area (Å²) in [5.74, 6) is 0.945. The van der Waals surface area contributed by atoms with E-state index in [2.05, 4.69) is 56.9 Å². The zero-order chi connectivity index (χ0) is 23.5. The van der Waals surface area contributed by atoms with E-state index in [4.69, 9.17) is 9.47 Å². The van der Waals surface area contributed by atoms with E-state index in [0.717, 1.165) is 0 Å². The van der Waals surface area contributed by atoms with Crippen molar-refractivity contribution in [1.82, 2.24) is 14.9 Å². The number of hydrogen-bond acceptors (Lipinski definition) is 7. The van der Waals surface area contributed by atoms with Gasteiger partial charge in [-0.25, -0.2) is 14.4 Å². The van der Waals surface area contributed by atoms with E-state index in [9.17, 15) is 9.50 Å². The molecule has 0 bridgehead atoms. The number of nitrogens with one attached hydrogen (secondary N) is 1. The quantitative estimate of drug-likeness (QED) is 0.405. The summed E-state index contributed by atoms with van der Waals surface area (Å²) in [4.78, 5) is 10.6. The van der Waals surface area contributed by atoms with Crippen molar-refractivity contribution in [2.45, 2.75) is 32.4 Å². The van der Waals surface area contributed by atoms with Crippen LogP contribution < -0.4 is 14.8 Å². The summed E-state index contributed by atoms with van der Waals surface area (Å²) < 4.78 is 26.3. The molecule has 0 amide bonds. The van der Waals surface area contributed by atoms with Crippen LogP contribution in [0.3, 0.4) is 0 Å². The molecule has 2 aromatic carbocycles. The van der Waals surface area contributed by atoms with Crippen LogP contribution in [-0.2, 0) is 0 Å². The van der Waals surface area contributed by atoms with Gasteiger partial charge in [0.25, 0.3) is 0 Å². The molecule has 0 aliphatic carbocycles. The smallest absolute Gasteiger partial charge is 0.163 e. The first-order valence-electron chi connectivity index (χ1n) is 10.2. The molecule has 0 spiro atoms. The lowest BCUT2D eigenvalue weighted by Gasteiger charge is -2.33. The normalized spacial score (nSPS) is 12.4. The maximum Gasteiger partial charge on any atom is 0.163 e. The van der Waals surface area contributed by atoms with E-state index in [1.807, 2.05) is 7.05 Å². The lowest BCUT2D eigenvalue weighted by atomic mass is 10.1. The molecule has 33 heavy (non-hydrogen) atoms. The second kappa shape index (κ2) is 11.3. The summed E-state index contributed by atoms with van der Waals surface area (Å²) >= 11 is 3.25. The molecule has 1 unspecified atom stereocenters. The number of fused-ring (bicyclic) bond motifs is 1. The van der Waals surface area contributed by atoms with Gasteiger partial charge in [0.15, 0.2) is 11.5 Å². The number of methoxy groups -OCH3 is 1. The number of halogens is 3. The Morgan fingerprint density at radius 3 is 2.55 bits per heavy atom. The molecule has 2 N–H and O–H groups in total. The van der Waals surface area contributed by atoms with Crippen molar-refractivity contribution < 1.29 is 19.0 Å². The van der Waals surface area contributed by atoms with E-state index in [1.165, 1.54) is 19.5 Å². The predicted octanol–water partition coefficient (Wildman–Crippen LogP) is 5.18. The van der Waals surface area contributed by atoms with Gasteiger partial charge in [0.05, 0.1) is 18.3 Å². The van der Waals surface area contributed by atoms with Crippen molar-refractivity contribution >= 4 is 50.7 Å². The van der Waals surface area contributed by atoms with Gasteiger partial charge in [-0.3, -0.25) is 4.90 Å². The van der Waals surface area contributed by atoms with Crippen LogP contribution in [0, 0.1) is 5.82 Å². The minimum absolute atomic E-state index is 0. The fourth-order valence-electron chi connectivity index (χ4n) is 2.98. The Bertz CT molecular complexity index is 1100. The van der Waals surface area contributed by atoms with Crippen molar-refractivity contribution in [1.29, 1.82) is 0 Å². The number of aliphatic hydroxyl groups excluding tert-OH is 1. The summed E-state index contributed by atoms with van der Waals surface area (Å²) in [7, 11) is 3.49. The van der Waals surface area contributed by atoms with Crippen molar-refractivity contribution in [2.75, 3.05) is 32.6 Å². The molecule has 1 aromatic heterocycles. The second-order valence-corrected chi connectivity index (χ2v) is 9.42. The highest BCUT2D eigenvalue weighted by Gasteiger charge is 2.21. The van der Waals surface area contributed by atoms with Gasteiger partial charge >= 0.3 is 0 Å². The first kappa shape index (κ1) is 27.0. The van der Waals surface area contributed by atoms with Crippen LogP contribution in [0.2, 0.25) is 0 Å². The highest BCUT2D eigenvalue weighted by atomic mass is 79.9. The van der Waals surface area contributed by atoms with Crippen LogP contribution in [0.1, 0.15) is 20.8 Å². The minimum atomic E-state index is -0.678. The Morgan fingerprint density at radius 2 is 1.91 bits per heavy atom. The molecule has 0 aliphatic rings. The number of aliphatic hydroxyl groups is 1. The van der Waals surface area contributed by atoms with Crippen LogP contribution >= 0.6 is 28.3 Å². The standard InChI is InChI=1S/C23H28BrFN4O3.ClH/c1-23(2,3)29(4)11-15(30)12-32-21-10-19-16(9-20(21)31-5)22(27-13-26-19)28-18-7-6-14(24)8-17(18)25;/h6-10,13,15,30H,11-12H2,1-5H3,(H,26,27,28);1H. The van der Waals surface area contributed by atoms with Crippen molar-refractivity contribution in [3.63, 3.8) is 0 Å². The van der Waals surface area contributed by atoms with Gasteiger partial charge in [-0.05, 0) is 52.1 Å². The molecule has 180 valence electrons. The van der Waals surface area contributed by atoms with Gasteiger partial charge in [-0.15, -0.1) is 12.4 Å². The number of aromatic nitrogens is 2. The number of anilines is 2. The molecule has 0 saturated heterocycles. The third-order valence-corrected chi connectivity index (χ3v) is 5.66. The third-order valence-electron chi connectivity index (χ3n) is 5.17. The largest absolute Gasteiger partial charge is 0.493 e. The second-order valence-electron chi connectivity index (χ2n) is 8.51. The lowest BCUT2D eigenvalue weighted by Crippen LogP contribution is -2.44. The van der Waals surface area contributed by atoms with E-state index < -0.39 is 11.9 Å². The Kier molecular flexibility index (Phi) is 9.25. The molecule has 1 heterocycles. The first-order chi connectivity index (χ1) is 15.1. The van der Waals surface area contributed by atoms with Gasteiger partial charge in [-0.1, -0.05) is 15.9 Å². The number of hydrogen-bond donors (Lipinski definition) is 2. The van der Waals surface area contributed by atoms with E-state index in [0.29, 0.717) is 44.9 Å². The van der Waals surface area contributed by atoms with E-state index >= 15 is 0 Å². The highest BCUT2D eigenvalue weighted by molar-refractivity contribution is 9.10. The number of rotatable bonds is 8. The van der Waals surface area contributed by atoms with E-state index in [-0.39, 0.29) is 24.6 Å². The highest BCUT2D eigenvalue weighted by Crippen LogP contribution is 2.35. The Morgan fingerprint density at radius 1 is 1.18 bits per heavy atom. The molecular formula is C23H29BrClFN4O3. The molecule has 1 atom stereocenters. The molecule has 0 aliphatic heterocycles. The average molecular weight is 544 g/mol.